The summed E-state index contributed by atoms with van der Waals surface area (Å²) in [5, 5.41) is 0. The van der Waals surface area contributed by atoms with Gasteiger partial charge in [-0.1, -0.05) is 12.1 Å². The zero-order chi connectivity index (χ0) is 14.2. The third-order valence-corrected chi connectivity index (χ3v) is 2.45. The molecule has 2 N–H and O–H groups in total. The molecule has 0 unspecified atom stereocenters. The van der Waals surface area contributed by atoms with Gasteiger partial charge >= 0.3 is 6.18 Å². The fourth-order valence-corrected chi connectivity index (χ4v) is 1.70. The van der Waals surface area contributed by atoms with E-state index in [0.717, 1.165) is 12.1 Å². The lowest BCUT2D eigenvalue weighted by molar-refractivity contribution is -0.140. The van der Waals surface area contributed by atoms with Crippen molar-refractivity contribution in [3.05, 3.63) is 41.6 Å². The van der Waals surface area contributed by atoms with Gasteiger partial charge in [0.25, 0.3) is 0 Å². The number of alkyl halides is 3. The summed E-state index contributed by atoms with van der Waals surface area (Å²) in [6, 6.07) is 4.51. The third kappa shape index (κ3) is 2.64. The number of aromatic nitrogens is 2. The maximum atomic E-state index is 13.0. The van der Waals surface area contributed by atoms with Gasteiger partial charge in [0.2, 0.25) is 0 Å². The van der Waals surface area contributed by atoms with Crippen molar-refractivity contribution in [3.63, 3.8) is 0 Å². The molecule has 0 bridgehead atoms. The Morgan fingerprint density at radius 2 is 1.63 bits per heavy atom. The highest BCUT2D eigenvalue weighted by Crippen LogP contribution is 2.38. The molecule has 100 valence electrons. The molecular formula is C12H9F4N3. The Labute approximate surface area is 106 Å². The van der Waals surface area contributed by atoms with Crippen LogP contribution in [0.1, 0.15) is 11.5 Å². The number of hydrogen-bond acceptors (Lipinski definition) is 3. The Kier molecular flexibility index (Phi) is 3.13. The number of rotatable bonds is 1. The number of nitrogens with zero attached hydrogens (tertiary/aromatic N) is 2. The molecule has 0 aliphatic carbocycles. The molecule has 1 heterocycles. The second kappa shape index (κ2) is 4.49. The highest BCUT2D eigenvalue weighted by atomic mass is 19.4. The largest absolute Gasteiger partial charge is 0.434 e. The number of hydrogen-bond donors (Lipinski definition) is 1. The van der Waals surface area contributed by atoms with Crippen LogP contribution >= 0.6 is 0 Å². The van der Waals surface area contributed by atoms with Crippen molar-refractivity contribution in [3.8, 4) is 11.1 Å². The monoisotopic (exact) mass is 271 g/mol. The lowest BCUT2D eigenvalue weighted by atomic mass is 10.0. The zero-order valence-electron chi connectivity index (χ0n) is 9.79. The van der Waals surface area contributed by atoms with Gasteiger partial charge < -0.3 is 5.73 Å². The van der Waals surface area contributed by atoms with Crippen LogP contribution in [-0.4, -0.2) is 9.97 Å². The lowest BCUT2D eigenvalue weighted by Crippen LogP contribution is -2.14. The Balaban J connectivity index is 2.71. The molecule has 2 aromatic rings. The number of nitrogen functional groups attached to an aromatic ring is 1. The smallest absolute Gasteiger partial charge is 0.383 e. The number of halogens is 4. The van der Waals surface area contributed by atoms with Gasteiger partial charge in [0.15, 0.2) is 5.69 Å². The molecule has 0 fully saturated rings. The summed E-state index contributed by atoms with van der Waals surface area (Å²) < 4.78 is 51.7. The molecule has 2 rings (SSSR count). The minimum Gasteiger partial charge on any atom is -0.383 e. The van der Waals surface area contributed by atoms with Gasteiger partial charge in [-0.2, -0.15) is 13.2 Å². The number of nitrogens with two attached hydrogens (primary N) is 1. The molecule has 7 heteroatoms. The van der Waals surface area contributed by atoms with Crippen molar-refractivity contribution in [2.75, 3.05) is 5.73 Å². The summed E-state index contributed by atoms with van der Waals surface area (Å²) in [7, 11) is 0. The molecule has 0 amide bonds. The van der Waals surface area contributed by atoms with Gasteiger partial charge in [0, 0.05) is 0 Å². The Morgan fingerprint density at radius 1 is 1.05 bits per heavy atom. The van der Waals surface area contributed by atoms with E-state index >= 15 is 0 Å². The quantitative estimate of drug-likeness (QED) is 0.810. The van der Waals surface area contributed by atoms with Crippen LogP contribution in [0, 0.1) is 12.7 Å². The standard InChI is InChI=1S/C12H9F4N3/c1-6-18-10(12(14,15)16)9(11(17)19-6)7-2-4-8(13)5-3-7/h2-5H,1H3,(H2,17,18,19). The van der Waals surface area contributed by atoms with Crippen LogP contribution in [0.15, 0.2) is 24.3 Å². The molecule has 0 spiro atoms. The van der Waals surface area contributed by atoms with E-state index in [2.05, 4.69) is 9.97 Å². The lowest BCUT2D eigenvalue weighted by Gasteiger charge is -2.14. The summed E-state index contributed by atoms with van der Waals surface area (Å²) in [6.45, 7) is 1.32. The zero-order valence-corrected chi connectivity index (χ0v) is 9.79. The fourth-order valence-electron chi connectivity index (χ4n) is 1.70. The number of aryl methyl sites for hydroxylation is 1. The maximum Gasteiger partial charge on any atom is 0.434 e. The predicted molar refractivity (Wildman–Crippen MR) is 61.6 cm³/mol. The van der Waals surface area contributed by atoms with Crippen molar-refractivity contribution in [1.29, 1.82) is 0 Å². The van der Waals surface area contributed by atoms with E-state index < -0.39 is 17.7 Å². The highest BCUT2D eigenvalue weighted by molar-refractivity contribution is 5.76. The SMILES string of the molecule is Cc1nc(N)c(-c2ccc(F)cc2)c(C(F)(F)F)n1. The summed E-state index contributed by atoms with van der Waals surface area (Å²) >= 11 is 0. The van der Waals surface area contributed by atoms with E-state index in [-0.39, 0.29) is 22.8 Å². The minimum absolute atomic E-state index is 0.0734. The molecule has 0 saturated heterocycles. The van der Waals surface area contributed by atoms with E-state index in [0.29, 0.717) is 0 Å². The van der Waals surface area contributed by atoms with Gasteiger partial charge in [0.1, 0.15) is 17.5 Å². The molecule has 0 aliphatic rings. The van der Waals surface area contributed by atoms with E-state index in [4.69, 9.17) is 5.73 Å². The summed E-state index contributed by atoms with van der Waals surface area (Å²) in [4.78, 5) is 7.11. The first kappa shape index (κ1) is 13.3. The number of benzene rings is 1. The van der Waals surface area contributed by atoms with Crippen LogP contribution in [0.4, 0.5) is 23.4 Å². The van der Waals surface area contributed by atoms with Gasteiger partial charge in [-0.3, -0.25) is 0 Å². The Bertz CT molecular complexity index is 606. The van der Waals surface area contributed by atoms with Crippen molar-refractivity contribution >= 4 is 5.82 Å². The second-order valence-corrected chi connectivity index (χ2v) is 3.88. The first-order valence-corrected chi connectivity index (χ1v) is 5.26. The Morgan fingerprint density at radius 3 is 2.16 bits per heavy atom. The van der Waals surface area contributed by atoms with Crippen molar-refractivity contribution in [1.82, 2.24) is 9.97 Å². The summed E-state index contributed by atoms with van der Waals surface area (Å²) in [6.07, 6.45) is -4.66. The average molecular weight is 271 g/mol. The molecule has 1 aromatic carbocycles. The Hall–Kier alpha value is -2.18. The van der Waals surface area contributed by atoms with Crippen LogP contribution < -0.4 is 5.73 Å². The molecule has 3 nitrogen and oxygen atoms in total. The minimum atomic E-state index is -4.66. The van der Waals surface area contributed by atoms with Crippen LogP contribution in [0.5, 0.6) is 0 Å². The fraction of sp³-hybridized carbons (Fsp3) is 0.167. The van der Waals surface area contributed by atoms with Gasteiger partial charge in [-0.05, 0) is 24.6 Å². The van der Waals surface area contributed by atoms with E-state index in [9.17, 15) is 17.6 Å². The van der Waals surface area contributed by atoms with Crippen molar-refractivity contribution in [2.45, 2.75) is 13.1 Å². The maximum absolute atomic E-state index is 13.0. The van der Waals surface area contributed by atoms with Crippen LogP contribution in [0.25, 0.3) is 11.1 Å². The predicted octanol–water partition coefficient (Wildman–Crippen LogP) is 3.19. The van der Waals surface area contributed by atoms with Gasteiger partial charge in [-0.15, -0.1) is 0 Å². The molecule has 0 aliphatic heterocycles. The topological polar surface area (TPSA) is 51.8 Å². The molecule has 19 heavy (non-hydrogen) atoms. The molecule has 1 aromatic heterocycles. The van der Waals surface area contributed by atoms with E-state index in [1.807, 2.05) is 0 Å². The van der Waals surface area contributed by atoms with E-state index in [1.54, 1.807) is 0 Å². The summed E-state index contributed by atoms with van der Waals surface area (Å²) in [5.41, 5.74) is 4.20. The highest BCUT2D eigenvalue weighted by Gasteiger charge is 2.37. The molecular weight excluding hydrogens is 262 g/mol. The first-order chi connectivity index (χ1) is 8.79. The molecule has 0 radical (unpaired) electrons. The third-order valence-electron chi connectivity index (χ3n) is 2.45. The molecule has 0 atom stereocenters. The van der Waals surface area contributed by atoms with Crippen molar-refractivity contribution in [2.24, 2.45) is 0 Å². The van der Waals surface area contributed by atoms with E-state index in [1.165, 1.54) is 19.1 Å². The van der Waals surface area contributed by atoms with Gasteiger partial charge in [0.05, 0.1) is 5.56 Å². The first-order valence-electron chi connectivity index (χ1n) is 5.26. The van der Waals surface area contributed by atoms with Gasteiger partial charge in [-0.25, -0.2) is 14.4 Å². The number of anilines is 1. The molecule has 0 saturated carbocycles. The second-order valence-electron chi connectivity index (χ2n) is 3.88. The summed E-state index contributed by atoms with van der Waals surface area (Å²) in [5.74, 6) is -0.911. The normalized spacial score (nSPS) is 11.6. The van der Waals surface area contributed by atoms with Crippen molar-refractivity contribution < 1.29 is 17.6 Å². The van der Waals surface area contributed by atoms with Crippen LogP contribution in [0.3, 0.4) is 0 Å². The van der Waals surface area contributed by atoms with Crippen LogP contribution in [-0.2, 0) is 6.18 Å². The average Bonchev–Trinajstić information content (AvgIpc) is 2.28. The van der Waals surface area contributed by atoms with Crippen LogP contribution in [0.2, 0.25) is 0 Å².